The van der Waals surface area contributed by atoms with Crippen LogP contribution in [0.4, 0.5) is 4.39 Å². The van der Waals surface area contributed by atoms with Gasteiger partial charge in [0, 0.05) is 4.47 Å². The van der Waals surface area contributed by atoms with Crippen molar-refractivity contribution < 1.29 is 4.39 Å². The SMILES string of the molecule is Cc1c(Br)[c]ccc1F. The van der Waals surface area contributed by atoms with Crippen molar-refractivity contribution in [3.05, 3.63) is 34.1 Å². The molecule has 0 heterocycles. The molecule has 0 spiro atoms. The molecule has 0 aliphatic carbocycles. The second kappa shape index (κ2) is 2.48. The summed E-state index contributed by atoms with van der Waals surface area (Å²) in [5, 5.41) is 0. The number of rotatable bonds is 0. The first-order valence-electron chi connectivity index (χ1n) is 2.54. The third-order valence-electron chi connectivity index (χ3n) is 1.13. The van der Waals surface area contributed by atoms with Gasteiger partial charge in [0.15, 0.2) is 0 Å². The van der Waals surface area contributed by atoms with Crippen molar-refractivity contribution in [3.63, 3.8) is 0 Å². The predicted octanol–water partition coefficient (Wildman–Crippen LogP) is 2.70. The summed E-state index contributed by atoms with van der Waals surface area (Å²) >= 11 is 3.15. The van der Waals surface area contributed by atoms with E-state index >= 15 is 0 Å². The van der Waals surface area contributed by atoms with Gasteiger partial charge in [-0.2, -0.15) is 0 Å². The molecule has 0 nitrogen and oxygen atoms in total. The zero-order valence-electron chi connectivity index (χ0n) is 4.91. The maximum absolute atomic E-state index is 12.5. The second-order valence-corrected chi connectivity index (χ2v) is 2.56. The van der Waals surface area contributed by atoms with E-state index in [1.807, 2.05) is 0 Å². The van der Waals surface area contributed by atoms with Gasteiger partial charge < -0.3 is 0 Å². The Balaban J connectivity index is 3.25. The van der Waals surface area contributed by atoms with Gasteiger partial charge in [0.25, 0.3) is 0 Å². The van der Waals surface area contributed by atoms with E-state index in [2.05, 4.69) is 22.0 Å². The Hall–Kier alpha value is -0.370. The first-order valence-corrected chi connectivity index (χ1v) is 3.33. The third-order valence-corrected chi connectivity index (χ3v) is 1.95. The van der Waals surface area contributed by atoms with Crippen molar-refractivity contribution in [1.29, 1.82) is 0 Å². The number of hydrogen-bond donors (Lipinski definition) is 0. The summed E-state index contributed by atoms with van der Waals surface area (Å²) in [7, 11) is 0. The van der Waals surface area contributed by atoms with E-state index < -0.39 is 0 Å². The molecule has 0 bridgehead atoms. The van der Waals surface area contributed by atoms with Crippen LogP contribution in [0.1, 0.15) is 5.56 Å². The maximum Gasteiger partial charge on any atom is 0.127 e. The zero-order valence-corrected chi connectivity index (χ0v) is 6.50. The molecule has 0 saturated heterocycles. The van der Waals surface area contributed by atoms with Crippen LogP contribution >= 0.6 is 15.9 Å². The lowest BCUT2D eigenvalue weighted by Gasteiger charge is -1.95. The molecule has 0 atom stereocenters. The van der Waals surface area contributed by atoms with Crippen molar-refractivity contribution in [2.75, 3.05) is 0 Å². The van der Waals surface area contributed by atoms with Crippen molar-refractivity contribution in [1.82, 2.24) is 0 Å². The summed E-state index contributed by atoms with van der Waals surface area (Å²) in [5.74, 6) is -0.194. The minimum absolute atomic E-state index is 0.194. The lowest BCUT2D eigenvalue weighted by Crippen LogP contribution is -1.80. The molecule has 1 aromatic carbocycles. The molecule has 0 aliphatic rings. The van der Waals surface area contributed by atoms with E-state index in [0.29, 0.717) is 10.0 Å². The van der Waals surface area contributed by atoms with E-state index in [1.165, 1.54) is 6.07 Å². The molecule has 0 fully saturated rings. The van der Waals surface area contributed by atoms with Crippen molar-refractivity contribution in [2.24, 2.45) is 0 Å². The van der Waals surface area contributed by atoms with Gasteiger partial charge in [-0.1, -0.05) is 6.07 Å². The van der Waals surface area contributed by atoms with E-state index in [4.69, 9.17) is 0 Å². The highest BCUT2D eigenvalue weighted by Gasteiger charge is 1.97. The van der Waals surface area contributed by atoms with E-state index in [1.54, 1.807) is 13.0 Å². The van der Waals surface area contributed by atoms with Crippen LogP contribution in [0.25, 0.3) is 0 Å². The Morgan fingerprint density at radius 1 is 1.67 bits per heavy atom. The molecule has 0 unspecified atom stereocenters. The summed E-state index contributed by atoms with van der Waals surface area (Å²) in [6.45, 7) is 1.70. The minimum Gasteiger partial charge on any atom is -0.207 e. The van der Waals surface area contributed by atoms with Crippen molar-refractivity contribution in [2.45, 2.75) is 6.92 Å². The van der Waals surface area contributed by atoms with Gasteiger partial charge in [-0.25, -0.2) is 4.39 Å². The van der Waals surface area contributed by atoms with Crippen LogP contribution < -0.4 is 0 Å². The summed E-state index contributed by atoms with van der Waals surface area (Å²) in [4.78, 5) is 0. The molecule has 0 aliphatic heterocycles. The highest BCUT2D eigenvalue weighted by molar-refractivity contribution is 9.10. The highest BCUT2D eigenvalue weighted by Crippen LogP contribution is 2.16. The van der Waals surface area contributed by atoms with Gasteiger partial charge in [0.1, 0.15) is 5.82 Å². The minimum atomic E-state index is -0.194. The number of halogens is 2. The molecule has 47 valence electrons. The Kier molecular flexibility index (Phi) is 1.86. The summed E-state index contributed by atoms with van der Waals surface area (Å²) in [6, 6.07) is 5.75. The Labute approximate surface area is 61.8 Å². The molecule has 1 rings (SSSR count). The maximum atomic E-state index is 12.5. The summed E-state index contributed by atoms with van der Waals surface area (Å²) in [5.41, 5.74) is 0.609. The summed E-state index contributed by atoms with van der Waals surface area (Å²) in [6.07, 6.45) is 0. The topological polar surface area (TPSA) is 0 Å². The summed E-state index contributed by atoms with van der Waals surface area (Å²) < 4.78 is 13.2. The lowest BCUT2D eigenvalue weighted by molar-refractivity contribution is 0.617. The highest BCUT2D eigenvalue weighted by atomic mass is 79.9. The first kappa shape index (κ1) is 6.75. The fourth-order valence-corrected chi connectivity index (χ4v) is 0.848. The quantitative estimate of drug-likeness (QED) is 0.587. The number of benzene rings is 1. The van der Waals surface area contributed by atoms with Gasteiger partial charge in [0.2, 0.25) is 0 Å². The van der Waals surface area contributed by atoms with E-state index in [0.717, 1.165) is 0 Å². The molecule has 0 saturated carbocycles. The Morgan fingerprint density at radius 2 is 2.33 bits per heavy atom. The molecule has 0 amide bonds. The normalized spacial score (nSPS) is 9.67. The fourth-order valence-electron chi connectivity index (χ4n) is 0.526. The van der Waals surface area contributed by atoms with Crippen LogP contribution in [0.3, 0.4) is 0 Å². The second-order valence-electron chi connectivity index (χ2n) is 1.76. The molecule has 1 aromatic rings. The van der Waals surface area contributed by atoms with Crippen molar-refractivity contribution >= 4 is 15.9 Å². The Bertz CT molecular complexity index is 200. The largest absolute Gasteiger partial charge is 0.207 e. The monoisotopic (exact) mass is 187 g/mol. The van der Waals surface area contributed by atoms with Crippen molar-refractivity contribution in [3.8, 4) is 0 Å². The van der Waals surface area contributed by atoms with E-state index in [-0.39, 0.29) is 5.82 Å². The van der Waals surface area contributed by atoms with Crippen LogP contribution in [-0.2, 0) is 0 Å². The average Bonchev–Trinajstić information content (AvgIpc) is 1.83. The van der Waals surface area contributed by atoms with Crippen LogP contribution in [-0.4, -0.2) is 0 Å². The van der Waals surface area contributed by atoms with Crippen LogP contribution in [0.5, 0.6) is 0 Å². The fraction of sp³-hybridized carbons (Fsp3) is 0.143. The molecule has 0 aromatic heterocycles. The number of hydrogen-bond acceptors (Lipinski definition) is 0. The predicted molar refractivity (Wildman–Crippen MR) is 37.7 cm³/mol. The molecule has 1 radical (unpaired) electrons. The lowest BCUT2D eigenvalue weighted by atomic mass is 10.2. The van der Waals surface area contributed by atoms with Gasteiger partial charge in [0.05, 0.1) is 0 Å². The molecule has 2 heteroatoms. The standard InChI is InChI=1S/C7H5BrF/c1-5-6(8)3-2-4-7(5)9/h2,4H,1H3. The van der Waals surface area contributed by atoms with Gasteiger partial charge >= 0.3 is 0 Å². The third kappa shape index (κ3) is 1.30. The van der Waals surface area contributed by atoms with Gasteiger partial charge in [-0.3, -0.25) is 0 Å². The average molecular weight is 188 g/mol. The van der Waals surface area contributed by atoms with E-state index in [9.17, 15) is 4.39 Å². The zero-order chi connectivity index (χ0) is 6.85. The smallest absolute Gasteiger partial charge is 0.127 e. The molecule has 0 N–H and O–H groups in total. The van der Waals surface area contributed by atoms with Gasteiger partial charge in [-0.05, 0) is 40.5 Å². The molecule has 9 heavy (non-hydrogen) atoms. The van der Waals surface area contributed by atoms with Crippen LogP contribution in [0, 0.1) is 18.8 Å². The molecular weight excluding hydrogens is 183 g/mol. The van der Waals surface area contributed by atoms with Crippen LogP contribution in [0.15, 0.2) is 16.6 Å². The van der Waals surface area contributed by atoms with Gasteiger partial charge in [-0.15, -0.1) is 0 Å². The first-order chi connectivity index (χ1) is 4.22. The van der Waals surface area contributed by atoms with Crippen LogP contribution in [0.2, 0.25) is 0 Å². The molecular formula is C7H5BrF. The Morgan fingerprint density at radius 3 is 2.78 bits per heavy atom.